The van der Waals surface area contributed by atoms with Crippen molar-refractivity contribution in [2.75, 3.05) is 0 Å². The van der Waals surface area contributed by atoms with E-state index in [-0.39, 0.29) is 0 Å². The van der Waals surface area contributed by atoms with E-state index in [2.05, 4.69) is 37.9 Å². The molecular weight excluding hydrogens is 256 g/mol. The summed E-state index contributed by atoms with van der Waals surface area (Å²) in [6, 6.07) is 0. The third-order valence-electron chi connectivity index (χ3n) is 2.59. The fourth-order valence-corrected chi connectivity index (χ4v) is 3.39. The van der Waals surface area contributed by atoms with Gasteiger partial charge < -0.3 is 0 Å². The van der Waals surface area contributed by atoms with Crippen molar-refractivity contribution in [1.29, 1.82) is 0 Å². The number of halogens is 2. The Morgan fingerprint density at radius 1 is 1.40 bits per heavy atom. The van der Waals surface area contributed by atoms with Crippen LogP contribution in [-0.2, 0) is 0 Å². The van der Waals surface area contributed by atoms with Crippen molar-refractivity contribution >= 4 is 31.9 Å². The lowest BCUT2D eigenvalue weighted by molar-refractivity contribution is 0.532. The first-order chi connectivity index (χ1) is 4.77. The Morgan fingerprint density at radius 2 is 2.20 bits per heavy atom. The predicted molar refractivity (Wildman–Crippen MR) is 50.6 cm³/mol. The van der Waals surface area contributed by atoms with Crippen molar-refractivity contribution in [3.63, 3.8) is 0 Å². The molecule has 0 amide bonds. The Bertz CT molecular complexity index is 174. The molecule has 10 heavy (non-hydrogen) atoms. The average Bonchev–Trinajstić information content (AvgIpc) is 2.29. The van der Waals surface area contributed by atoms with Gasteiger partial charge in [-0.15, -0.1) is 0 Å². The summed E-state index contributed by atoms with van der Waals surface area (Å²) in [5, 5.41) is 0. The zero-order chi connectivity index (χ0) is 7.14. The molecule has 2 aliphatic rings. The molecule has 0 aliphatic heterocycles. The van der Waals surface area contributed by atoms with E-state index in [0.717, 1.165) is 11.8 Å². The van der Waals surface area contributed by atoms with E-state index in [1.165, 1.54) is 23.7 Å². The van der Waals surface area contributed by atoms with E-state index >= 15 is 0 Å². The molecule has 0 aromatic carbocycles. The van der Waals surface area contributed by atoms with Gasteiger partial charge >= 0.3 is 0 Å². The maximum atomic E-state index is 3.69. The number of rotatable bonds is 0. The molecule has 2 heteroatoms. The van der Waals surface area contributed by atoms with Gasteiger partial charge in [0.2, 0.25) is 0 Å². The largest absolute Gasteiger partial charge is 0.0830 e. The van der Waals surface area contributed by atoms with Crippen LogP contribution in [0.3, 0.4) is 0 Å². The van der Waals surface area contributed by atoms with Gasteiger partial charge in [-0.25, -0.2) is 0 Å². The highest BCUT2D eigenvalue weighted by Gasteiger charge is 2.34. The van der Waals surface area contributed by atoms with Crippen molar-refractivity contribution < 1.29 is 0 Å². The van der Waals surface area contributed by atoms with Gasteiger partial charge in [0.05, 0.1) is 0 Å². The molecule has 1 saturated carbocycles. The summed E-state index contributed by atoms with van der Waals surface area (Å²) in [6.45, 7) is 0. The molecular formula is C8H10Br2. The van der Waals surface area contributed by atoms with Crippen LogP contribution in [0.25, 0.3) is 0 Å². The Kier molecular flexibility index (Phi) is 1.94. The van der Waals surface area contributed by atoms with Crippen molar-refractivity contribution in [2.45, 2.75) is 24.1 Å². The van der Waals surface area contributed by atoms with Gasteiger partial charge in [0.15, 0.2) is 0 Å². The zero-order valence-corrected chi connectivity index (χ0v) is 8.86. The summed E-state index contributed by atoms with van der Waals surface area (Å²) in [4.78, 5) is 0.617. The predicted octanol–water partition coefficient (Wildman–Crippen LogP) is 3.46. The third-order valence-corrected chi connectivity index (χ3v) is 5.20. The average molecular weight is 266 g/mol. The molecule has 0 saturated heterocycles. The van der Waals surface area contributed by atoms with Crippen LogP contribution < -0.4 is 0 Å². The van der Waals surface area contributed by atoms with Crippen molar-refractivity contribution in [3.05, 3.63) is 10.6 Å². The number of allylic oxidation sites excluding steroid dienone is 2. The van der Waals surface area contributed by atoms with Crippen LogP contribution in [0.1, 0.15) is 19.3 Å². The first-order valence-electron chi connectivity index (χ1n) is 3.78. The zero-order valence-electron chi connectivity index (χ0n) is 5.69. The first-order valence-corrected chi connectivity index (χ1v) is 5.49. The van der Waals surface area contributed by atoms with Gasteiger partial charge in [-0.1, -0.05) is 37.9 Å². The normalized spacial score (nSPS) is 45.4. The molecule has 1 unspecified atom stereocenters. The Balaban J connectivity index is 2.25. The van der Waals surface area contributed by atoms with Crippen LogP contribution >= 0.6 is 31.9 Å². The van der Waals surface area contributed by atoms with Gasteiger partial charge in [0.25, 0.3) is 0 Å². The molecule has 0 spiro atoms. The van der Waals surface area contributed by atoms with E-state index in [1.54, 1.807) is 0 Å². The lowest BCUT2D eigenvalue weighted by Gasteiger charge is -2.21. The molecule has 0 N–H and O–H groups in total. The summed E-state index contributed by atoms with van der Waals surface area (Å²) in [7, 11) is 0. The number of fused-ring (bicyclic) bond motifs is 2. The van der Waals surface area contributed by atoms with E-state index in [4.69, 9.17) is 0 Å². The highest BCUT2D eigenvalue weighted by Crippen LogP contribution is 2.45. The van der Waals surface area contributed by atoms with E-state index in [9.17, 15) is 0 Å². The van der Waals surface area contributed by atoms with Crippen molar-refractivity contribution in [3.8, 4) is 0 Å². The molecule has 0 aromatic rings. The van der Waals surface area contributed by atoms with Crippen LogP contribution in [0.2, 0.25) is 0 Å². The molecule has 2 bridgehead atoms. The first kappa shape index (κ1) is 7.35. The van der Waals surface area contributed by atoms with Crippen LogP contribution in [0.5, 0.6) is 0 Å². The topological polar surface area (TPSA) is 0 Å². The van der Waals surface area contributed by atoms with Gasteiger partial charge in [0.1, 0.15) is 0 Å². The van der Waals surface area contributed by atoms with E-state index in [1.807, 2.05) is 0 Å². The molecule has 3 atom stereocenters. The SMILES string of the molecule is BrC1=C[C@@H]2CC[C@@H](C2)C1Br. The summed E-state index contributed by atoms with van der Waals surface area (Å²) < 4.78 is 1.38. The maximum Gasteiger partial charge on any atom is 0.0486 e. The second kappa shape index (κ2) is 2.63. The highest BCUT2D eigenvalue weighted by molar-refractivity contribution is 9.14. The molecule has 56 valence electrons. The standard InChI is InChI=1S/C8H10Br2/c9-7-4-5-1-2-6(3-5)8(7)10/h4-6,8H,1-3H2/t5-,6+,8?/m1/s1. The molecule has 0 nitrogen and oxygen atoms in total. The second-order valence-corrected chi connectivity index (χ2v) is 5.19. The minimum Gasteiger partial charge on any atom is -0.0830 e. The third kappa shape index (κ3) is 1.10. The van der Waals surface area contributed by atoms with Crippen LogP contribution in [-0.4, -0.2) is 4.83 Å². The summed E-state index contributed by atoms with van der Waals surface area (Å²) in [5.41, 5.74) is 0. The highest BCUT2D eigenvalue weighted by atomic mass is 79.9. The minimum absolute atomic E-state index is 0.617. The Hall–Kier alpha value is 0.700. The fraction of sp³-hybridized carbons (Fsp3) is 0.750. The molecule has 1 fully saturated rings. The lowest BCUT2D eigenvalue weighted by atomic mass is 9.96. The van der Waals surface area contributed by atoms with E-state index in [0.29, 0.717) is 4.83 Å². The van der Waals surface area contributed by atoms with Gasteiger partial charge in [-0.3, -0.25) is 0 Å². The molecule has 2 rings (SSSR count). The molecule has 0 aromatic heterocycles. The number of alkyl halides is 1. The van der Waals surface area contributed by atoms with Gasteiger partial charge in [-0.2, -0.15) is 0 Å². The summed E-state index contributed by atoms with van der Waals surface area (Å²) >= 11 is 7.28. The molecule has 0 radical (unpaired) electrons. The summed E-state index contributed by atoms with van der Waals surface area (Å²) in [5.74, 6) is 1.79. The van der Waals surface area contributed by atoms with Crippen LogP contribution in [0.15, 0.2) is 10.6 Å². The fourth-order valence-electron chi connectivity index (χ4n) is 2.01. The number of hydrogen-bond donors (Lipinski definition) is 0. The molecule has 0 heterocycles. The Morgan fingerprint density at radius 3 is 3.00 bits per heavy atom. The smallest absolute Gasteiger partial charge is 0.0486 e. The number of hydrogen-bond acceptors (Lipinski definition) is 0. The van der Waals surface area contributed by atoms with Crippen LogP contribution in [0, 0.1) is 11.8 Å². The van der Waals surface area contributed by atoms with Gasteiger partial charge in [0, 0.05) is 9.31 Å². The minimum atomic E-state index is 0.617. The monoisotopic (exact) mass is 264 g/mol. The lowest BCUT2D eigenvalue weighted by Crippen LogP contribution is -2.15. The molecule has 2 aliphatic carbocycles. The maximum absolute atomic E-state index is 3.69. The summed E-state index contributed by atoms with van der Waals surface area (Å²) in [6.07, 6.45) is 6.60. The van der Waals surface area contributed by atoms with Crippen LogP contribution in [0.4, 0.5) is 0 Å². The Labute approximate surface area is 78.3 Å². The van der Waals surface area contributed by atoms with Crippen molar-refractivity contribution in [2.24, 2.45) is 11.8 Å². The quantitative estimate of drug-likeness (QED) is 0.589. The van der Waals surface area contributed by atoms with Gasteiger partial charge in [-0.05, 0) is 31.1 Å². The second-order valence-electron chi connectivity index (χ2n) is 3.29. The van der Waals surface area contributed by atoms with Crippen molar-refractivity contribution in [1.82, 2.24) is 0 Å². The van der Waals surface area contributed by atoms with E-state index < -0.39 is 0 Å².